The Kier molecular flexibility index (Phi) is 5.99. The van der Waals surface area contributed by atoms with Gasteiger partial charge in [-0.15, -0.1) is 0 Å². The van der Waals surface area contributed by atoms with Gasteiger partial charge in [0.15, 0.2) is 22.1 Å². The first kappa shape index (κ1) is 21.4. The number of amides is 1. The van der Waals surface area contributed by atoms with Gasteiger partial charge < -0.3 is 20.5 Å². The molecule has 1 aliphatic rings. The van der Waals surface area contributed by atoms with Gasteiger partial charge in [0.25, 0.3) is 0 Å². The average molecular weight is 464 g/mol. The zero-order valence-corrected chi connectivity index (χ0v) is 19.0. The number of aryl methyl sites for hydroxylation is 3. The summed E-state index contributed by atoms with van der Waals surface area (Å²) >= 11 is 1.56. The van der Waals surface area contributed by atoms with Crippen LogP contribution in [0.1, 0.15) is 43.2 Å². The SMILES string of the molecule is NC(=O)CCCCCn1c(Sc2cc3c(cc2-c2ncco2)CCC3)nc2c(N)ncnc21. The minimum Gasteiger partial charge on any atom is -0.444 e. The number of benzene rings is 1. The second kappa shape index (κ2) is 9.22. The lowest BCUT2D eigenvalue weighted by Gasteiger charge is -2.12. The lowest BCUT2D eigenvalue weighted by Crippen LogP contribution is -2.09. The number of aromatic nitrogens is 5. The molecule has 4 N–H and O–H groups in total. The summed E-state index contributed by atoms with van der Waals surface area (Å²) in [5.41, 5.74) is 16.4. The molecule has 1 aliphatic carbocycles. The molecular formula is C23H25N7O2S. The fourth-order valence-corrected chi connectivity index (χ4v) is 5.35. The molecule has 9 nitrogen and oxygen atoms in total. The van der Waals surface area contributed by atoms with Crippen LogP contribution in [-0.2, 0) is 24.2 Å². The molecule has 3 aromatic heterocycles. The molecule has 0 fully saturated rings. The summed E-state index contributed by atoms with van der Waals surface area (Å²) in [5, 5.41) is 0.790. The number of nitrogens with two attached hydrogens (primary N) is 2. The quantitative estimate of drug-likeness (QED) is 0.358. The summed E-state index contributed by atoms with van der Waals surface area (Å²) in [6.45, 7) is 0.702. The molecule has 10 heteroatoms. The standard InChI is InChI=1S/C23H25N7O2S/c24-18(31)7-2-1-3-9-30-21-19(20(25)27-13-28-21)29-23(30)33-17-12-15-6-4-5-14(15)11-16(17)22-26-8-10-32-22/h8,10-13H,1-7,9H2,(H2,24,31)(H2,25,27,28). The van der Waals surface area contributed by atoms with E-state index in [1.54, 1.807) is 24.2 Å². The Bertz CT molecular complexity index is 1300. The molecular weight excluding hydrogens is 438 g/mol. The van der Waals surface area contributed by atoms with Gasteiger partial charge in [-0.2, -0.15) is 0 Å². The highest BCUT2D eigenvalue weighted by Crippen LogP contribution is 2.40. The number of hydrogen-bond acceptors (Lipinski definition) is 8. The van der Waals surface area contributed by atoms with Crippen LogP contribution in [0.2, 0.25) is 0 Å². The van der Waals surface area contributed by atoms with Crippen LogP contribution in [0.3, 0.4) is 0 Å². The number of unbranched alkanes of at least 4 members (excludes halogenated alkanes) is 2. The Labute approximate surface area is 195 Å². The predicted molar refractivity (Wildman–Crippen MR) is 125 cm³/mol. The van der Waals surface area contributed by atoms with Gasteiger partial charge in [0.1, 0.15) is 12.6 Å². The van der Waals surface area contributed by atoms with Gasteiger partial charge in [0, 0.05) is 17.9 Å². The molecule has 5 rings (SSSR count). The van der Waals surface area contributed by atoms with Gasteiger partial charge in [0.05, 0.1) is 11.8 Å². The predicted octanol–water partition coefficient (Wildman–Crippen LogP) is 3.75. The summed E-state index contributed by atoms with van der Waals surface area (Å²) < 4.78 is 7.72. The first-order chi connectivity index (χ1) is 16.1. The van der Waals surface area contributed by atoms with Gasteiger partial charge in [-0.25, -0.2) is 19.9 Å². The van der Waals surface area contributed by atoms with Crippen LogP contribution in [-0.4, -0.2) is 30.4 Å². The van der Waals surface area contributed by atoms with Crippen LogP contribution >= 0.6 is 11.8 Å². The van der Waals surface area contributed by atoms with Gasteiger partial charge in [-0.05, 0) is 55.4 Å². The highest BCUT2D eigenvalue weighted by Gasteiger charge is 2.22. The molecule has 0 saturated carbocycles. The Morgan fingerprint density at radius 1 is 1.12 bits per heavy atom. The number of anilines is 1. The van der Waals surface area contributed by atoms with Gasteiger partial charge in [-0.1, -0.05) is 18.2 Å². The number of hydrogen-bond donors (Lipinski definition) is 2. The number of carbonyl (C=O) groups is 1. The van der Waals surface area contributed by atoms with Crippen molar-refractivity contribution in [1.29, 1.82) is 0 Å². The molecule has 33 heavy (non-hydrogen) atoms. The number of rotatable bonds is 9. The van der Waals surface area contributed by atoms with E-state index in [1.807, 2.05) is 0 Å². The number of nitrogen functional groups attached to an aromatic ring is 1. The highest BCUT2D eigenvalue weighted by atomic mass is 32.2. The average Bonchev–Trinajstić information content (AvgIpc) is 3.54. The molecule has 0 atom stereocenters. The van der Waals surface area contributed by atoms with Gasteiger partial charge >= 0.3 is 0 Å². The maximum absolute atomic E-state index is 11.0. The third-order valence-electron chi connectivity index (χ3n) is 5.89. The third kappa shape index (κ3) is 4.43. The number of primary amides is 1. The maximum atomic E-state index is 11.0. The Morgan fingerprint density at radius 2 is 1.97 bits per heavy atom. The van der Waals surface area contributed by atoms with Gasteiger partial charge in [-0.3, -0.25) is 4.79 Å². The van der Waals surface area contributed by atoms with Crippen LogP contribution in [0.15, 0.2) is 45.4 Å². The summed E-state index contributed by atoms with van der Waals surface area (Å²) in [6.07, 6.45) is 10.9. The second-order valence-electron chi connectivity index (χ2n) is 8.16. The zero-order valence-electron chi connectivity index (χ0n) is 18.2. The van der Waals surface area contributed by atoms with Crippen LogP contribution in [0.25, 0.3) is 22.6 Å². The van der Waals surface area contributed by atoms with E-state index >= 15 is 0 Å². The largest absolute Gasteiger partial charge is 0.444 e. The van der Waals surface area contributed by atoms with Gasteiger partial charge in [0.2, 0.25) is 11.8 Å². The van der Waals surface area contributed by atoms with Crippen molar-refractivity contribution in [1.82, 2.24) is 24.5 Å². The van der Waals surface area contributed by atoms with Crippen molar-refractivity contribution in [2.45, 2.75) is 61.5 Å². The fourth-order valence-electron chi connectivity index (χ4n) is 4.27. The van der Waals surface area contributed by atoms with E-state index in [-0.39, 0.29) is 5.91 Å². The lowest BCUT2D eigenvalue weighted by atomic mass is 10.1. The van der Waals surface area contributed by atoms with Crippen LogP contribution in [0, 0.1) is 0 Å². The molecule has 3 heterocycles. The second-order valence-corrected chi connectivity index (χ2v) is 9.17. The van der Waals surface area contributed by atoms with E-state index in [0.29, 0.717) is 35.8 Å². The number of oxazole rings is 1. The van der Waals surface area contributed by atoms with Crippen molar-refractivity contribution in [3.05, 3.63) is 42.0 Å². The van der Waals surface area contributed by atoms with Crippen molar-refractivity contribution in [3.63, 3.8) is 0 Å². The van der Waals surface area contributed by atoms with Crippen molar-refractivity contribution in [3.8, 4) is 11.5 Å². The first-order valence-corrected chi connectivity index (χ1v) is 11.9. The van der Waals surface area contributed by atoms with Crippen molar-refractivity contribution < 1.29 is 9.21 Å². The van der Waals surface area contributed by atoms with Crippen molar-refractivity contribution in [2.75, 3.05) is 5.73 Å². The van der Waals surface area contributed by atoms with Crippen LogP contribution < -0.4 is 11.5 Å². The minimum atomic E-state index is -0.268. The lowest BCUT2D eigenvalue weighted by molar-refractivity contribution is -0.118. The molecule has 0 radical (unpaired) electrons. The Balaban J connectivity index is 1.50. The summed E-state index contributed by atoms with van der Waals surface area (Å²) in [6, 6.07) is 4.43. The normalized spacial score (nSPS) is 13.0. The molecule has 0 spiro atoms. The third-order valence-corrected chi connectivity index (χ3v) is 6.94. The number of fused-ring (bicyclic) bond motifs is 2. The molecule has 1 amide bonds. The molecule has 1 aromatic carbocycles. The summed E-state index contributed by atoms with van der Waals surface area (Å²) in [7, 11) is 0. The monoisotopic (exact) mass is 463 g/mol. The van der Waals surface area contributed by atoms with E-state index in [0.717, 1.165) is 54.1 Å². The topological polar surface area (TPSA) is 139 Å². The fraction of sp³-hybridized carbons (Fsp3) is 0.348. The Morgan fingerprint density at radius 3 is 2.76 bits per heavy atom. The molecule has 0 bridgehead atoms. The number of carbonyl (C=O) groups excluding carboxylic acids is 1. The molecule has 4 aromatic rings. The number of nitrogens with zero attached hydrogens (tertiary/aromatic N) is 5. The molecule has 0 saturated heterocycles. The van der Waals surface area contributed by atoms with Crippen molar-refractivity contribution >= 4 is 34.7 Å². The number of imidazole rings is 1. The smallest absolute Gasteiger partial charge is 0.227 e. The molecule has 0 aliphatic heterocycles. The van der Waals surface area contributed by atoms with E-state index in [2.05, 4.69) is 31.7 Å². The minimum absolute atomic E-state index is 0.268. The van der Waals surface area contributed by atoms with E-state index in [9.17, 15) is 4.79 Å². The Hall–Kier alpha value is -3.40. The highest BCUT2D eigenvalue weighted by molar-refractivity contribution is 7.99. The maximum Gasteiger partial charge on any atom is 0.227 e. The molecule has 0 unspecified atom stereocenters. The van der Waals surface area contributed by atoms with Crippen LogP contribution in [0.4, 0.5) is 5.82 Å². The van der Waals surface area contributed by atoms with Crippen LogP contribution in [0.5, 0.6) is 0 Å². The molecule has 170 valence electrons. The van der Waals surface area contributed by atoms with Crippen molar-refractivity contribution in [2.24, 2.45) is 5.73 Å². The van der Waals surface area contributed by atoms with E-state index < -0.39 is 0 Å². The zero-order chi connectivity index (χ0) is 22.8. The van der Waals surface area contributed by atoms with E-state index in [4.69, 9.17) is 20.9 Å². The first-order valence-electron chi connectivity index (χ1n) is 11.1. The summed E-state index contributed by atoms with van der Waals surface area (Å²) in [5.74, 6) is 0.687. The van der Waals surface area contributed by atoms with E-state index in [1.165, 1.54) is 17.5 Å². The summed E-state index contributed by atoms with van der Waals surface area (Å²) in [4.78, 5) is 29.8.